The van der Waals surface area contributed by atoms with Crippen LogP contribution in [0, 0.1) is 13.8 Å². The third-order valence-electron chi connectivity index (χ3n) is 5.26. The third kappa shape index (κ3) is 4.40. The first-order chi connectivity index (χ1) is 16.6. The summed E-state index contributed by atoms with van der Waals surface area (Å²) in [4.78, 5) is 16.8. The number of imidazole rings is 1. The topological polar surface area (TPSA) is 108 Å². The zero-order valence-corrected chi connectivity index (χ0v) is 18.5. The van der Waals surface area contributed by atoms with Gasteiger partial charge < -0.3 is 14.6 Å². The summed E-state index contributed by atoms with van der Waals surface area (Å²) in [6.45, 7) is 3.91. The SMILES string of the molecule is Cc1ncn(-c2ccc(Oc3ccc(NC(=O)c4cc(-c5ccccc5)on4)cc3)nn2)c1C. The summed E-state index contributed by atoms with van der Waals surface area (Å²) in [5, 5.41) is 15.0. The zero-order chi connectivity index (χ0) is 23.5. The van der Waals surface area contributed by atoms with Crippen LogP contribution < -0.4 is 10.1 Å². The van der Waals surface area contributed by atoms with Crippen LogP contribution >= 0.6 is 0 Å². The van der Waals surface area contributed by atoms with Gasteiger partial charge in [-0.3, -0.25) is 9.36 Å². The highest BCUT2D eigenvalue weighted by Gasteiger charge is 2.14. The van der Waals surface area contributed by atoms with E-state index in [9.17, 15) is 4.79 Å². The van der Waals surface area contributed by atoms with Crippen molar-refractivity contribution in [1.29, 1.82) is 0 Å². The monoisotopic (exact) mass is 452 g/mol. The van der Waals surface area contributed by atoms with E-state index in [1.54, 1.807) is 42.7 Å². The Morgan fingerprint density at radius 1 is 0.971 bits per heavy atom. The Morgan fingerprint density at radius 3 is 2.44 bits per heavy atom. The van der Waals surface area contributed by atoms with Gasteiger partial charge >= 0.3 is 0 Å². The first-order valence-corrected chi connectivity index (χ1v) is 10.5. The first kappa shape index (κ1) is 21.1. The molecule has 0 aliphatic rings. The summed E-state index contributed by atoms with van der Waals surface area (Å²) in [7, 11) is 0. The minimum Gasteiger partial charge on any atom is -0.438 e. The number of rotatable bonds is 6. The molecule has 34 heavy (non-hydrogen) atoms. The van der Waals surface area contributed by atoms with E-state index in [1.807, 2.05) is 54.8 Å². The molecule has 0 spiro atoms. The number of hydrogen-bond donors (Lipinski definition) is 1. The van der Waals surface area contributed by atoms with E-state index < -0.39 is 0 Å². The van der Waals surface area contributed by atoms with Crippen molar-refractivity contribution in [1.82, 2.24) is 24.9 Å². The Bertz CT molecular complexity index is 1420. The fourth-order valence-electron chi connectivity index (χ4n) is 3.27. The number of carbonyl (C=O) groups is 1. The highest BCUT2D eigenvalue weighted by molar-refractivity contribution is 6.03. The molecule has 0 aliphatic carbocycles. The number of anilines is 1. The molecule has 0 saturated carbocycles. The maximum atomic E-state index is 12.5. The van der Waals surface area contributed by atoms with Gasteiger partial charge in [-0.1, -0.05) is 35.5 Å². The van der Waals surface area contributed by atoms with Crippen molar-refractivity contribution in [2.45, 2.75) is 13.8 Å². The smallest absolute Gasteiger partial charge is 0.277 e. The molecule has 1 amide bonds. The molecule has 5 rings (SSSR count). The minimum absolute atomic E-state index is 0.192. The molecule has 0 unspecified atom stereocenters. The molecule has 3 heterocycles. The molecule has 2 aromatic carbocycles. The summed E-state index contributed by atoms with van der Waals surface area (Å²) in [5.74, 6) is 1.73. The molecule has 5 aromatic rings. The summed E-state index contributed by atoms with van der Waals surface area (Å²) in [6.07, 6.45) is 1.71. The van der Waals surface area contributed by atoms with E-state index in [2.05, 4.69) is 25.7 Å². The molecule has 0 aliphatic heterocycles. The number of aromatic nitrogens is 5. The maximum absolute atomic E-state index is 12.5. The van der Waals surface area contributed by atoms with Gasteiger partial charge in [-0.2, -0.15) is 0 Å². The normalized spacial score (nSPS) is 10.8. The van der Waals surface area contributed by atoms with Crippen molar-refractivity contribution >= 4 is 11.6 Å². The van der Waals surface area contributed by atoms with Crippen LogP contribution in [0.5, 0.6) is 11.6 Å². The van der Waals surface area contributed by atoms with Crippen LogP contribution in [-0.4, -0.2) is 30.8 Å². The Kier molecular flexibility index (Phi) is 5.57. The maximum Gasteiger partial charge on any atom is 0.277 e. The number of nitrogens with zero attached hydrogens (tertiary/aromatic N) is 5. The lowest BCUT2D eigenvalue weighted by molar-refractivity contribution is 0.101. The summed E-state index contributed by atoms with van der Waals surface area (Å²) >= 11 is 0. The number of aryl methyl sites for hydroxylation is 1. The molecule has 0 atom stereocenters. The van der Waals surface area contributed by atoms with Gasteiger partial charge in [0.2, 0.25) is 5.88 Å². The molecule has 0 radical (unpaired) electrons. The average Bonchev–Trinajstić information content (AvgIpc) is 3.49. The highest BCUT2D eigenvalue weighted by atomic mass is 16.5. The molecule has 0 bridgehead atoms. The number of ether oxygens (including phenoxy) is 1. The molecule has 168 valence electrons. The van der Waals surface area contributed by atoms with E-state index >= 15 is 0 Å². The second-order valence-corrected chi connectivity index (χ2v) is 7.54. The molecule has 9 heteroatoms. The van der Waals surface area contributed by atoms with Crippen LogP contribution in [0.1, 0.15) is 21.9 Å². The van der Waals surface area contributed by atoms with Crippen molar-refractivity contribution in [2.75, 3.05) is 5.32 Å². The van der Waals surface area contributed by atoms with Crippen LogP contribution in [0.25, 0.3) is 17.1 Å². The number of carbonyl (C=O) groups excluding carboxylic acids is 1. The fraction of sp³-hybridized carbons (Fsp3) is 0.0800. The van der Waals surface area contributed by atoms with Gasteiger partial charge in [0.1, 0.15) is 12.1 Å². The quantitative estimate of drug-likeness (QED) is 0.387. The first-order valence-electron chi connectivity index (χ1n) is 10.5. The summed E-state index contributed by atoms with van der Waals surface area (Å²) in [6, 6.07) is 21.5. The molecular formula is C25H20N6O3. The molecule has 9 nitrogen and oxygen atoms in total. The molecule has 0 saturated heterocycles. The Labute approximate surface area is 195 Å². The summed E-state index contributed by atoms with van der Waals surface area (Å²) in [5.41, 5.74) is 3.57. The van der Waals surface area contributed by atoms with Crippen molar-refractivity contribution in [3.8, 4) is 28.8 Å². The second-order valence-electron chi connectivity index (χ2n) is 7.54. The average molecular weight is 452 g/mol. The van der Waals surface area contributed by atoms with Crippen LogP contribution in [0.15, 0.2) is 83.6 Å². The van der Waals surface area contributed by atoms with Crippen LogP contribution in [0.2, 0.25) is 0 Å². The third-order valence-corrected chi connectivity index (χ3v) is 5.26. The van der Waals surface area contributed by atoms with Crippen LogP contribution in [-0.2, 0) is 0 Å². The lowest BCUT2D eigenvalue weighted by Crippen LogP contribution is -2.11. The standard InChI is InChI=1S/C25H20N6O3/c1-16-17(2)31(15-26-16)23-12-13-24(29-28-23)33-20-10-8-19(9-11-20)27-25(32)21-14-22(34-30-21)18-6-4-3-5-7-18/h3-15H,1-2H3,(H,27,32). The van der Waals surface area contributed by atoms with Crippen LogP contribution in [0.4, 0.5) is 5.69 Å². The van der Waals surface area contributed by atoms with Gasteiger partial charge in [0, 0.05) is 29.1 Å². The largest absolute Gasteiger partial charge is 0.438 e. The highest BCUT2D eigenvalue weighted by Crippen LogP contribution is 2.23. The number of nitrogens with one attached hydrogen (secondary N) is 1. The van der Waals surface area contributed by atoms with Crippen LogP contribution in [0.3, 0.4) is 0 Å². The Morgan fingerprint density at radius 2 is 1.76 bits per heavy atom. The van der Waals surface area contributed by atoms with Gasteiger partial charge in [-0.05, 0) is 44.2 Å². The lowest BCUT2D eigenvalue weighted by Gasteiger charge is -2.08. The molecule has 0 fully saturated rings. The Balaban J connectivity index is 1.21. The predicted molar refractivity (Wildman–Crippen MR) is 125 cm³/mol. The summed E-state index contributed by atoms with van der Waals surface area (Å²) < 4.78 is 12.9. The molecular weight excluding hydrogens is 432 g/mol. The van der Waals surface area contributed by atoms with Crippen molar-refractivity contribution in [3.05, 3.63) is 96.2 Å². The van der Waals surface area contributed by atoms with Gasteiger partial charge in [-0.25, -0.2) is 4.98 Å². The predicted octanol–water partition coefficient (Wildman–Crippen LogP) is 4.98. The molecule has 1 N–H and O–H groups in total. The zero-order valence-electron chi connectivity index (χ0n) is 18.5. The van der Waals surface area contributed by atoms with Crippen molar-refractivity contribution in [2.24, 2.45) is 0 Å². The van der Waals surface area contributed by atoms with E-state index in [-0.39, 0.29) is 11.6 Å². The number of benzene rings is 2. The van der Waals surface area contributed by atoms with E-state index in [0.29, 0.717) is 28.9 Å². The van der Waals surface area contributed by atoms with Gasteiger partial charge in [-0.15, -0.1) is 10.2 Å². The van der Waals surface area contributed by atoms with Gasteiger partial charge in [0.15, 0.2) is 17.3 Å². The minimum atomic E-state index is -0.369. The second kappa shape index (κ2) is 8.99. The van der Waals surface area contributed by atoms with Crippen molar-refractivity contribution in [3.63, 3.8) is 0 Å². The Hall–Kier alpha value is -4.79. The van der Waals surface area contributed by atoms with E-state index in [0.717, 1.165) is 17.0 Å². The molecule has 3 aromatic heterocycles. The van der Waals surface area contributed by atoms with E-state index in [1.165, 1.54) is 0 Å². The van der Waals surface area contributed by atoms with E-state index in [4.69, 9.17) is 9.26 Å². The van der Waals surface area contributed by atoms with Gasteiger partial charge in [0.05, 0.1) is 5.69 Å². The van der Waals surface area contributed by atoms with Crippen molar-refractivity contribution < 1.29 is 14.1 Å². The lowest BCUT2D eigenvalue weighted by atomic mass is 10.1. The number of amides is 1. The van der Waals surface area contributed by atoms with Gasteiger partial charge in [0.25, 0.3) is 5.91 Å². The number of hydrogen-bond acceptors (Lipinski definition) is 7. The fourth-order valence-corrected chi connectivity index (χ4v) is 3.27.